The molecule has 6 heteroatoms. The summed E-state index contributed by atoms with van der Waals surface area (Å²) in [6.07, 6.45) is 11.9. The zero-order valence-corrected chi connectivity index (χ0v) is 16.0. The lowest BCUT2D eigenvalue weighted by molar-refractivity contribution is 0.327. The number of nitrogens with one attached hydrogen (secondary N) is 1. The van der Waals surface area contributed by atoms with Crippen LogP contribution in [-0.2, 0) is 13.0 Å². The normalized spacial score (nSPS) is 19.7. The average Bonchev–Trinajstić information content (AvgIpc) is 3.23. The zero-order valence-electron chi connectivity index (χ0n) is 16.0. The van der Waals surface area contributed by atoms with Crippen molar-refractivity contribution >= 4 is 5.82 Å². The molecule has 6 nitrogen and oxygen atoms in total. The summed E-state index contributed by atoms with van der Waals surface area (Å²) in [5, 5.41) is 8.22. The monoisotopic (exact) mass is 354 g/mol. The fraction of sp³-hybridized carbons (Fsp3) is 0.650. The van der Waals surface area contributed by atoms with Crippen LogP contribution in [0, 0.1) is 12.3 Å². The van der Waals surface area contributed by atoms with E-state index in [1.165, 1.54) is 31.2 Å². The van der Waals surface area contributed by atoms with E-state index in [2.05, 4.69) is 38.1 Å². The second-order valence-corrected chi connectivity index (χ2v) is 7.97. The number of piperidine rings is 1. The smallest absolute Gasteiger partial charge is 0.135 e. The van der Waals surface area contributed by atoms with Gasteiger partial charge in [0, 0.05) is 61.8 Å². The van der Waals surface area contributed by atoms with E-state index in [9.17, 15) is 0 Å². The highest BCUT2D eigenvalue weighted by molar-refractivity contribution is 5.46. The summed E-state index contributed by atoms with van der Waals surface area (Å²) in [5.41, 5.74) is 1.70. The van der Waals surface area contributed by atoms with Crippen LogP contribution in [0.15, 0.2) is 24.7 Å². The van der Waals surface area contributed by atoms with Crippen molar-refractivity contribution in [2.75, 3.05) is 24.5 Å². The minimum atomic E-state index is 0.433. The Balaban J connectivity index is 1.28. The predicted octanol–water partition coefficient (Wildman–Crippen LogP) is 2.58. The summed E-state index contributed by atoms with van der Waals surface area (Å²) in [7, 11) is 0. The highest BCUT2D eigenvalue weighted by Crippen LogP contribution is 2.46. The molecule has 0 amide bonds. The Morgan fingerprint density at radius 3 is 2.73 bits per heavy atom. The van der Waals surface area contributed by atoms with Gasteiger partial charge in [-0.2, -0.15) is 5.10 Å². The van der Waals surface area contributed by atoms with Gasteiger partial charge >= 0.3 is 0 Å². The average molecular weight is 355 g/mol. The number of nitrogens with zero attached hydrogens (tertiary/aromatic N) is 5. The van der Waals surface area contributed by atoms with E-state index in [0.29, 0.717) is 11.5 Å². The summed E-state index contributed by atoms with van der Waals surface area (Å²) in [6, 6.07) is 2.63. The van der Waals surface area contributed by atoms with Crippen LogP contribution in [-0.4, -0.2) is 45.4 Å². The molecule has 2 aliphatic rings. The van der Waals surface area contributed by atoms with Crippen LogP contribution in [0.25, 0.3) is 0 Å². The van der Waals surface area contributed by atoms with E-state index >= 15 is 0 Å². The molecule has 1 saturated heterocycles. The molecule has 0 atom stereocenters. The Morgan fingerprint density at radius 2 is 2.08 bits per heavy atom. The molecule has 2 aromatic heterocycles. The van der Waals surface area contributed by atoms with Crippen molar-refractivity contribution in [1.29, 1.82) is 0 Å². The molecule has 1 N–H and O–H groups in total. The van der Waals surface area contributed by atoms with Crippen molar-refractivity contribution in [2.24, 2.45) is 5.41 Å². The van der Waals surface area contributed by atoms with Gasteiger partial charge in [0.2, 0.25) is 0 Å². The van der Waals surface area contributed by atoms with E-state index < -0.39 is 0 Å². The number of hydrogen-bond donors (Lipinski definition) is 1. The van der Waals surface area contributed by atoms with Gasteiger partial charge < -0.3 is 10.2 Å². The molecule has 26 heavy (non-hydrogen) atoms. The fourth-order valence-corrected chi connectivity index (χ4v) is 3.97. The third kappa shape index (κ3) is 3.90. The van der Waals surface area contributed by atoms with Crippen LogP contribution >= 0.6 is 0 Å². The summed E-state index contributed by atoms with van der Waals surface area (Å²) in [4.78, 5) is 11.5. The maximum Gasteiger partial charge on any atom is 0.135 e. The molecule has 1 aliphatic heterocycles. The Bertz CT molecular complexity index is 714. The first-order valence-electron chi connectivity index (χ1n) is 9.96. The molecule has 0 unspecified atom stereocenters. The molecule has 0 aromatic carbocycles. The summed E-state index contributed by atoms with van der Waals surface area (Å²) < 4.78 is 2.08. The first-order chi connectivity index (χ1) is 12.7. The molecular weight excluding hydrogens is 324 g/mol. The fourth-order valence-electron chi connectivity index (χ4n) is 3.97. The molecule has 0 radical (unpaired) electrons. The standard InChI is InChI=1S/C20H30N6/c1-3-17-13-21-16(2)24-19(17)25-11-5-18(6-12-25)22-14-20(7-8-20)15-26-10-4-9-23-26/h4,9-10,13,18,22H,3,5-8,11-12,14-15H2,1-2H3. The second kappa shape index (κ2) is 7.35. The molecule has 2 aromatic rings. The van der Waals surface area contributed by atoms with E-state index in [1.807, 2.05) is 25.4 Å². The van der Waals surface area contributed by atoms with Crippen LogP contribution in [0.5, 0.6) is 0 Å². The Hall–Kier alpha value is -1.95. The number of aryl methyl sites for hydroxylation is 2. The van der Waals surface area contributed by atoms with Gasteiger partial charge in [0.25, 0.3) is 0 Å². The van der Waals surface area contributed by atoms with Gasteiger partial charge in [-0.1, -0.05) is 6.92 Å². The van der Waals surface area contributed by atoms with Crippen LogP contribution in [0.3, 0.4) is 0 Å². The van der Waals surface area contributed by atoms with Crippen LogP contribution in [0.1, 0.15) is 44.0 Å². The molecule has 0 spiro atoms. The number of hydrogen-bond acceptors (Lipinski definition) is 5. The molecule has 4 rings (SSSR count). The molecule has 140 valence electrons. The van der Waals surface area contributed by atoms with Crippen molar-refractivity contribution in [1.82, 2.24) is 25.1 Å². The third-order valence-corrected chi connectivity index (χ3v) is 5.92. The second-order valence-electron chi connectivity index (χ2n) is 7.97. The van der Waals surface area contributed by atoms with Gasteiger partial charge in [0.05, 0.1) is 0 Å². The van der Waals surface area contributed by atoms with Crippen LogP contribution in [0.2, 0.25) is 0 Å². The molecular formula is C20H30N6. The minimum absolute atomic E-state index is 0.433. The summed E-state index contributed by atoms with van der Waals surface area (Å²) >= 11 is 0. The van der Waals surface area contributed by atoms with Crippen molar-refractivity contribution in [3.63, 3.8) is 0 Å². The number of rotatable bonds is 7. The van der Waals surface area contributed by atoms with E-state index in [-0.39, 0.29) is 0 Å². The Morgan fingerprint density at radius 1 is 1.27 bits per heavy atom. The van der Waals surface area contributed by atoms with Crippen molar-refractivity contribution in [3.05, 3.63) is 36.0 Å². The van der Waals surface area contributed by atoms with E-state index in [1.54, 1.807) is 0 Å². The first-order valence-corrected chi connectivity index (χ1v) is 9.96. The summed E-state index contributed by atoms with van der Waals surface area (Å²) in [5.74, 6) is 2.02. The molecule has 1 aliphatic carbocycles. The lowest BCUT2D eigenvalue weighted by atomic mass is 10.0. The zero-order chi connectivity index (χ0) is 18.0. The van der Waals surface area contributed by atoms with E-state index in [4.69, 9.17) is 4.98 Å². The van der Waals surface area contributed by atoms with Gasteiger partial charge in [-0.3, -0.25) is 4.68 Å². The molecule has 1 saturated carbocycles. The van der Waals surface area contributed by atoms with Gasteiger partial charge in [-0.05, 0) is 45.1 Å². The lowest BCUT2D eigenvalue weighted by Crippen LogP contribution is -2.45. The van der Waals surface area contributed by atoms with Crippen LogP contribution in [0.4, 0.5) is 5.82 Å². The number of aromatic nitrogens is 4. The van der Waals surface area contributed by atoms with Crippen molar-refractivity contribution in [2.45, 2.75) is 58.5 Å². The highest BCUT2D eigenvalue weighted by atomic mass is 15.3. The molecule has 2 fully saturated rings. The largest absolute Gasteiger partial charge is 0.356 e. The van der Waals surface area contributed by atoms with Crippen molar-refractivity contribution in [3.8, 4) is 0 Å². The first kappa shape index (κ1) is 17.5. The summed E-state index contributed by atoms with van der Waals surface area (Å²) in [6.45, 7) is 8.48. The third-order valence-electron chi connectivity index (χ3n) is 5.92. The topological polar surface area (TPSA) is 58.9 Å². The van der Waals surface area contributed by atoms with Gasteiger partial charge in [-0.25, -0.2) is 9.97 Å². The Labute approximate surface area is 156 Å². The van der Waals surface area contributed by atoms with Gasteiger partial charge in [0.15, 0.2) is 0 Å². The predicted molar refractivity (Wildman–Crippen MR) is 103 cm³/mol. The highest BCUT2D eigenvalue weighted by Gasteiger charge is 2.43. The maximum atomic E-state index is 4.71. The van der Waals surface area contributed by atoms with Gasteiger partial charge in [-0.15, -0.1) is 0 Å². The number of anilines is 1. The maximum absolute atomic E-state index is 4.71. The van der Waals surface area contributed by atoms with Crippen molar-refractivity contribution < 1.29 is 0 Å². The quantitative estimate of drug-likeness (QED) is 0.828. The van der Waals surface area contributed by atoms with Crippen LogP contribution < -0.4 is 10.2 Å². The Kier molecular flexibility index (Phi) is 4.94. The molecule has 3 heterocycles. The SMILES string of the molecule is CCc1cnc(C)nc1N1CCC(NCC2(Cn3cccn3)CC2)CC1. The lowest BCUT2D eigenvalue weighted by Gasteiger charge is -2.35. The van der Waals surface area contributed by atoms with E-state index in [0.717, 1.165) is 44.2 Å². The molecule has 0 bridgehead atoms. The van der Waals surface area contributed by atoms with Gasteiger partial charge in [0.1, 0.15) is 11.6 Å². The minimum Gasteiger partial charge on any atom is -0.356 e.